The normalized spacial score (nSPS) is 15.7. The summed E-state index contributed by atoms with van der Waals surface area (Å²) in [5.41, 5.74) is 8.12. The van der Waals surface area contributed by atoms with Crippen molar-refractivity contribution in [3.63, 3.8) is 0 Å². The summed E-state index contributed by atoms with van der Waals surface area (Å²) in [6.07, 6.45) is 1.82. The van der Waals surface area contributed by atoms with E-state index in [1.54, 1.807) is 35.2 Å². The Morgan fingerprint density at radius 2 is 1.74 bits per heavy atom. The van der Waals surface area contributed by atoms with Crippen molar-refractivity contribution in [1.82, 2.24) is 4.90 Å². The second-order valence-corrected chi connectivity index (χ2v) is 9.10. The van der Waals surface area contributed by atoms with Crippen LogP contribution >= 0.6 is 0 Å². The summed E-state index contributed by atoms with van der Waals surface area (Å²) in [6.45, 7) is 1.87. The van der Waals surface area contributed by atoms with Crippen molar-refractivity contribution >= 4 is 15.7 Å². The Hall–Kier alpha value is -2.18. The number of nitrogens with zero attached hydrogens (tertiary/aromatic N) is 1. The van der Waals surface area contributed by atoms with Gasteiger partial charge in [-0.3, -0.25) is 4.79 Å². The smallest absolute Gasteiger partial charge is 0.223 e. The predicted octanol–water partition coefficient (Wildman–Crippen LogP) is 2.72. The van der Waals surface area contributed by atoms with Crippen LogP contribution in [0.4, 0.5) is 0 Å². The highest BCUT2D eigenvalue weighted by Gasteiger charge is 2.25. The van der Waals surface area contributed by atoms with Gasteiger partial charge in [0.1, 0.15) is 0 Å². The molecule has 2 aromatic rings. The molecule has 0 radical (unpaired) electrons. The molecule has 0 aromatic heterocycles. The number of likely N-dealkylation sites (tertiary alicyclic amines) is 1. The molecular weight excluding hydrogens is 360 g/mol. The fourth-order valence-electron chi connectivity index (χ4n) is 3.56. The number of amides is 1. The van der Waals surface area contributed by atoms with Crippen LogP contribution in [0.5, 0.6) is 0 Å². The average Bonchev–Trinajstić information content (AvgIpc) is 2.73. The van der Waals surface area contributed by atoms with E-state index in [0.717, 1.165) is 18.4 Å². The van der Waals surface area contributed by atoms with Crippen LogP contribution in [0.3, 0.4) is 0 Å². The molecule has 1 aliphatic heterocycles. The summed E-state index contributed by atoms with van der Waals surface area (Å²) >= 11 is 0. The summed E-state index contributed by atoms with van der Waals surface area (Å²) in [6, 6.07) is 16.6. The number of hydrogen-bond donors (Lipinski definition) is 1. The highest BCUT2D eigenvalue weighted by molar-refractivity contribution is 7.91. The molecular formula is C21H26N2O3S. The van der Waals surface area contributed by atoms with E-state index in [-0.39, 0.29) is 23.0 Å². The van der Waals surface area contributed by atoms with Gasteiger partial charge < -0.3 is 10.6 Å². The molecule has 1 saturated heterocycles. The van der Waals surface area contributed by atoms with E-state index in [4.69, 9.17) is 5.73 Å². The lowest BCUT2D eigenvalue weighted by Crippen LogP contribution is -2.38. The standard InChI is InChI=1S/C21H26N2O3S/c22-16-17-5-4-6-19(15-17)18-9-12-23(13-10-18)21(24)11-14-27(25,26)20-7-2-1-3-8-20/h1-8,15,18H,9-14,16,22H2. The minimum Gasteiger partial charge on any atom is -0.343 e. The first-order valence-corrected chi connectivity index (χ1v) is 11.0. The first kappa shape index (κ1) is 19.6. The topological polar surface area (TPSA) is 80.5 Å². The Labute approximate surface area is 161 Å². The van der Waals surface area contributed by atoms with Gasteiger partial charge in [0.15, 0.2) is 9.84 Å². The second-order valence-electron chi connectivity index (χ2n) is 6.99. The lowest BCUT2D eigenvalue weighted by Gasteiger charge is -2.32. The predicted molar refractivity (Wildman–Crippen MR) is 106 cm³/mol. The zero-order valence-electron chi connectivity index (χ0n) is 15.4. The van der Waals surface area contributed by atoms with Crippen molar-refractivity contribution in [3.8, 4) is 0 Å². The summed E-state index contributed by atoms with van der Waals surface area (Å²) in [4.78, 5) is 14.5. The molecule has 0 spiro atoms. The fourth-order valence-corrected chi connectivity index (χ4v) is 4.81. The van der Waals surface area contributed by atoms with Crippen molar-refractivity contribution in [3.05, 3.63) is 65.7 Å². The molecule has 144 valence electrons. The summed E-state index contributed by atoms with van der Waals surface area (Å²) in [5.74, 6) is 0.200. The van der Waals surface area contributed by atoms with E-state index in [9.17, 15) is 13.2 Å². The molecule has 1 aliphatic rings. The van der Waals surface area contributed by atoms with Crippen molar-refractivity contribution in [2.24, 2.45) is 5.73 Å². The number of benzene rings is 2. The van der Waals surface area contributed by atoms with Gasteiger partial charge in [-0.1, -0.05) is 42.5 Å². The summed E-state index contributed by atoms with van der Waals surface area (Å²) < 4.78 is 24.7. The van der Waals surface area contributed by atoms with Crippen LogP contribution in [0.2, 0.25) is 0 Å². The minimum atomic E-state index is -3.41. The molecule has 1 fully saturated rings. The van der Waals surface area contributed by atoms with Crippen LogP contribution in [0, 0.1) is 0 Å². The third-order valence-electron chi connectivity index (χ3n) is 5.19. The highest BCUT2D eigenvalue weighted by atomic mass is 32.2. The van der Waals surface area contributed by atoms with Crippen LogP contribution in [0.1, 0.15) is 36.3 Å². The van der Waals surface area contributed by atoms with Crippen LogP contribution in [0.15, 0.2) is 59.5 Å². The molecule has 2 aromatic carbocycles. The Morgan fingerprint density at radius 3 is 2.41 bits per heavy atom. The van der Waals surface area contributed by atoms with Crippen molar-refractivity contribution in [2.75, 3.05) is 18.8 Å². The zero-order valence-corrected chi connectivity index (χ0v) is 16.2. The van der Waals surface area contributed by atoms with Crippen molar-refractivity contribution in [1.29, 1.82) is 0 Å². The quantitative estimate of drug-likeness (QED) is 0.828. The Bertz CT molecular complexity index is 873. The van der Waals surface area contributed by atoms with E-state index < -0.39 is 9.84 Å². The lowest BCUT2D eigenvalue weighted by atomic mass is 9.88. The highest BCUT2D eigenvalue weighted by Crippen LogP contribution is 2.29. The average molecular weight is 387 g/mol. The van der Waals surface area contributed by atoms with E-state index in [2.05, 4.69) is 12.1 Å². The number of sulfone groups is 1. The van der Waals surface area contributed by atoms with Gasteiger partial charge in [0.05, 0.1) is 10.6 Å². The molecule has 0 saturated carbocycles. The van der Waals surface area contributed by atoms with E-state index >= 15 is 0 Å². The number of carbonyl (C=O) groups is 1. The van der Waals surface area contributed by atoms with Gasteiger partial charge in [-0.15, -0.1) is 0 Å². The third-order valence-corrected chi connectivity index (χ3v) is 6.92. The molecule has 1 heterocycles. The number of piperidine rings is 1. The molecule has 5 nitrogen and oxygen atoms in total. The van der Waals surface area contributed by atoms with Crippen LogP contribution in [-0.2, 0) is 21.2 Å². The number of nitrogens with two attached hydrogens (primary N) is 1. The second kappa shape index (κ2) is 8.67. The first-order chi connectivity index (χ1) is 13.0. The molecule has 1 amide bonds. The summed E-state index contributed by atoms with van der Waals surface area (Å²) in [7, 11) is -3.41. The molecule has 3 rings (SSSR count). The fraction of sp³-hybridized carbons (Fsp3) is 0.381. The number of carbonyl (C=O) groups excluding carboxylic acids is 1. The van der Waals surface area contributed by atoms with Crippen LogP contribution in [-0.4, -0.2) is 38.1 Å². The van der Waals surface area contributed by atoms with Gasteiger partial charge in [-0.05, 0) is 42.0 Å². The minimum absolute atomic E-state index is 0.0323. The van der Waals surface area contributed by atoms with Gasteiger partial charge >= 0.3 is 0 Å². The van der Waals surface area contributed by atoms with Gasteiger partial charge in [0.2, 0.25) is 5.91 Å². The molecule has 27 heavy (non-hydrogen) atoms. The van der Waals surface area contributed by atoms with Crippen molar-refractivity contribution < 1.29 is 13.2 Å². The maximum absolute atomic E-state index is 12.5. The molecule has 0 unspecified atom stereocenters. The maximum atomic E-state index is 12.5. The van der Waals surface area contributed by atoms with Gasteiger partial charge in [-0.2, -0.15) is 0 Å². The van der Waals surface area contributed by atoms with Gasteiger partial charge in [0, 0.05) is 26.1 Å². The summed E-state index contributed by atoms with van der Waals surface area (Å²) in [5, 5.41) is 0. The molecule has 0 atom stereocenters. The zero-order chi connectivity index (χ0) is 19.3. The monoisotopic (exact) mass is 386 g/mol. The van der Waals surface area contributed by atoms with E-state index in [0.29, 0.717) is 25.6 Å². The van der Waals surface area contributed by atoms with Crippen molar-refractivity contribution in [2.45, 2.75) is 36.6 Å². The number of rotatable bonds is 6. The van der Waals surface area contributed by atoms with Crippen LogP contribution in [0.25, 0.3) is 0 Å². The molecule has 2 N–H and O–H groups in total. The lowest BCUT2D eigenvalue weighted by molar-refractivity contribution is -0.131. The molecule has 0 aliphatic carbocycles. The largest absolute Gasteiger partial charge is 0.343 e. The first-order valence-electron chi connectivity index (χ1n) is 9.34. The maximum Gasteiger partial charge on any atom is 0.223 e. The van der Waals surface area contributed by atoms with Gasteiger partial charge in [0.25, 0.3) is 0 Å². The Balaban J connectivity index is 1.53. The third kappa shape index (κ3) is 4.96. The van der Waals surface area contributed by atoms with E-state index in [1.165, 1.54) is 5.56 Å². The van der Waals surface area contributed by atoms with Gasteiger partial charge in [-0.25, -0.2) is 8.42 Å². The van der Waals surface area contributed by atoms with Crippen LogP contribution < -0.4 is 5.73 Å². The molecule has 0 bridgehead atoms. The number of hydrogen-bond acceptors (Lipinski definition) is 4. The molecule has 6 heteroatoms. The Morgan fingerprint density at radius 1 is 1.04 bits per heavy atom. The Kier molecular flexibility index (Phi) is 6.29. The van der Waals surface area contributed by atoms with E-state index in [1.807, 2.05) is 12.1 Å². The SMILES string of the molecule is NCc1cccc(C2CCN(C(=O)CCS(=O)(=O)c3ccccc3)CC2)c1.